The third-order valence-electron chi connectivity index (χ3n) is 8.73. The monoisotopic (exact) mass is 613 g/mol. The zero-order valence-corrected chi connectivity index (χ0v) is 27.0. The number of amides is 2. The maximum atomic E-state index is 13.4. The number of rotatable bonds is 8. The maximum Gasteiger partial charge on any atom is 0.410 e. The summed E-state index contributed by atoms with van der Waals surface area (Å²) in [5, 5.41) is 13.3. The number of carboxylic acids is 1. The van der Waals surface area contributed by atoms with Crippen molar-refractivity contribution >= 4 is 24.0 Å². The van der Waals surface area contributed by atoms with E-state index in [0.29, 0.717) is 25.2 Å². The third kappa shape index (κ3) is 7.64. The fourth-order valence-electron chi connectivity index (χ4n) is 6.26. The van der Waals surface area contributed by atoms with Crippen LogP contribution in [0, 0.1) is 26.7 Å². The number of carboxylic acid groups (broad SMARTS) is 1. The molecule has 0 bridgehead atoms. The van der Waals surface area contributed by atoms with Crippen molar-refractivity contribution in [3.05, 3.63) is 82.2 Å². The van der Waals surface area contributed by atoms with Crippen LogP contribution in [-0.2, 0) is 9.53 Å². The van der Waals surface area contributed by atoms with Crippen molar-refractivity contribution < 1.29 is 28.8 Å². The quantitative estimate of drug-likeness (QED) is 0.272. The van der Waals surface area contributed by atoms with Gasteiger partial charge >= 0.3 is 12.1 Å². The van der Waals surface area contributed by atoms with E-state index < -0.39 is 11.6 Å². The average molecular weight is 614 g/mol. The molecular formula is C36H43N3O6. The molecule has 1 aliphatic carbocycles. The number of likely N-dealkylation sites (tertiary alicyclic amines) is 1. The Labute approximate surface area is 264 Å². The van der Waals surface area contributed by atoms with Gasteiger partial charge in [-0.3, -0.25) is 4.79 Å². The summed E-state index contributed by atoms with van der Waals surface area (Å²) in [7, 11) is 0. The zero-order valence-electron chi connectivity index (χ0n) is 27.0. The predicted octanol–water partition coefficient (Wildman–Crippen LogP) is 7.01. The summed E-state index contributed by atoms with van der Waals surface area (Å²) in [6.07, 6.45) is 5.48. The lowest BCUT2D eigenvalue weighted by molar-refractivity contribution is -0.127. The molecule has 3 aromatic rings. The molecule has 2 atom stereocenters. The van der Waals surface area contributed by atoms with Gasteiger partial charge in [0.05, 0.1) is 11.3 Å². The second-order valence-corrected chi connectivity index (χ2v) is 13.3. The van der Waals surface area contributed by atoms with Gasteiger partial charge in [-0.2, -0.15) is 0 Å². The highest BCUT2D eigenvalue weighted by Gasteiger charge is 2.46. The highest BCUT2D eigenvalue weighted by atomic mass is 16.6. The zero-order chi connectivity index (χ0) is 32.5. The second-order valence-electron chi connectivity index (χ2n) is 13.3. The molecule has 238 valence electrons. The summed E-state index contributed by atoms with van der Waals surface area (Å²) in [6, 6.07) is 13.6. The number of piperidine rings is 1. The van der Waals surface area contributed by atoms with Crippen LogP contribution in [0.15, 0.2) is 53.1 Å². The SMILES string of the molecule is Cc1cc(C=CC(=O)N2CCC(CN(C(=O)OC(C)(C)C)C3CC3c3ccc(-c4c(C)noc4C)cc3)CC2)ccc1C(=O)O. The standard InChI is InChI=1S/C36H43N3O6/c1-22-19-25(7-13-29(22)34(41)42)8-14-32(40)38-17-15-26(16-18-38)21-39(35(43)44-36(4,5)6)31-20-30(31)27-9-11-28(12-10-27)33-23(2)37-45-24(33)3/h7-14,19,26,30-31H,15-18,20-21H2,1-6H3,(H,41,42). The Morgan fingerprint density at radius 1 is 1.07 bits per heavy atom. The number of aromatic nitrogens is 1. The highest BCUT2D eigenvalue weighted by molar-refractivity contribution is 5.93. The minimum Gasteiger partial charge on any atom is -0.478 e. The van der Waals surface area contributed by atoms with Crippen molar-refractivity contribution in [1.29, 1.82) is 0 Å². The number of carbonyl (C=O) groups excluding carboxylic acids is 2. The van der Waals surface area contributed by atoms with Crippen molar-refractivity contribution in [2.75, 3.05) is 19.6 Å². The van der Waals surface area contributed by atoms with Gasteiger partial charge in [-0.1, -0.05) is 41.6 Å². The lowest BCUT2D eigenvalue weighted by Crippen LogP contribution is -2.45. The van der Waals surface area contributed by atoms with Gasteiger partial charge in [-0.15, -0.1) is 0 Å². The maximum absolute atomic E-state index is 13.4. The molecule has 45 heavy (non-hydrogen) atoms. The molecule has 2 aliphatic rings. The molecule has 1 N–H and O–H groups in total. The van der Waals surface area contributed by atoms with Crippen LogP contribution in [0.1, 0.15) is 84.5 Å². The molecule has 2 unspecified atom stereocenters. The van der Waals surface area contributed by atoms with Crippen molar-refractivity contribution in [3.8, 4) is 11.1 Å². The van der Waals surface area contributed by atoms with E-state index in [1.807, 2.05) is 44.4 Å². The van der Waals surface area contributed by atoms with Crippen LogP contribution >= 0.6 is 0 Å². The Kier molecular flexibility index (Phi) is 9.18. The van der Waals surface area contributed by atoms with Gasteiger partial charge in [0.1, 0.15) is 11.4 Å². The first-order valence-electron chi connectivity index (χ1n) is 15.6. The molecule has 5 rings (SSSR count). The van der Waals surface area contributed by atoms with Crippen LogP contribution in [0.3, 0.4) is 0 Å². The number of aryl methyl sites for hydroxylation is 3. The molecule has 1 saturated carbocycles. The Morgan fingerprint density at radius 2 is 1.76 bits per heavy atom. The van der Waals surface area contributed by atoms with Crippen molar-refractivity contribution in [2.45, 2.75) is 78.4 Å². The molecular weight excluding hydrogens is 570 g/mol. The van der Waals surface area contributed by atoms with Gasteiger partial charge in [-0.25, -0.2) is 9.59 Å². The van der Waals surface area contributed by atoms with Gasteiger partial charge in [-0.05, 0) is 101 Å². The fraction of sp³-hybridized carbons (Fsp3) is 0.444. The second kappa shape index (κ2) is 12.9. The average Bonchev–Trinajstić information content (AvgIpc) is 3.70. The summed E-state index contributed by atoms with van der Waals surface area (Å²) >= 11 is 0. The Balaban J connectivity index is 1.20. The number of carbonyl (C=O) groups is 3. The van der Waals surface area contributed by atoms with Crippen LogP contribution in [0.4, 0.5) is 4.79 Å². The molecule has 9 nitrogen and oxygen atoms in total. The number of ether oxygens (including phenoxy) is 1. The first-order valence-corrected chi connectivity index (χ1v) is 15.6. The lowest BCUT2D eigenvalue weighted by atomic mass is 9.95. The number of hydrogen-bond donors (Lipinski definition) is 1. The van der Waals surface area contributed by atoms with Crippen LogP contribution < -0.4 is 0 Å². The summed E-state index contributed by atoms with van der Waals surface area (Å²) in [5.74, 6) is 0.273. The van der Waals surface area contributed by atoms with E-state index in [4.69, 9.17) is 9.26 Å². The Bertz CT molecular complexity index is 1570. The van der Waals surface area contributed by atoms with Crippen LogP contribution in [0.5, 0.6) is 0 Å². The van der Waals surface area contributed by atoms with Gasteiger partial charge in [0.25, 0.3) is 0 Å². The molecule has 0 radical (unpaired) electrons. The van der Waals surface area contributed by atoms with E-state index in [1.165, 1.54) is 5.56 Å². The molecule has 2 aromatic carbocycles. The summed E-state index contributed by atoms with van der Waals surface area (Å²) in [6.45, 7) is 13.1. The molecule has 9 heteroatoms. The van der Waals surface area contributed by atoms with E-state index in [0.717, 1.165) is 47.4 Å². The van der Waals surface area contributed by atoms with Crippen LogP contribution in [0.2, 0.25) is 0 Å². The normalized spacial score (nSPS) is 18.7. The highest BCUT2D eigenvalue weighted by Crippen LogP contribution is 2.46. The molecule has 0 spiro atoms. The number of benzene rings is 2. The third-order valence-corrected chi connectivity index (χ3v) is 8.73. The van der Waals surface area contributed by atoms with Gasteiger partial charge in [0, 0.05) is 43.2 Å². The molecule has 2 fully saturated rings. The molecule has 2 amide bonds. The summed E-state index contributed by atoms with van der Waals surface area (Å²) in [5.41, 5.74) is 5.25. The number of hydrogen-bond acceptors (Lipinski definition) is 6. The first-order chi connectivity index (χ1) is 21.3. The first kappa shape index (κ1) is 32.0. The number of nitrogens with zero attached hydrogens (tertiary/aromatic N) is 3. The minimum atomic E-state index is -0.965. The van der Waals surface area contributed by atoms with E-state index in [9.17, 15) is 19.5 Å². The lowest BCUT2D eigenvalue weighted by Gasteiger charge is -2.35. The topological polar surface area (TPSA) is 113 Å². The van der Waals surface area contributed by atoms with Crippen LogP contribution in [0.25, 0.3) is 17.2 Å². The number of aromatic carboxylic acids is 1. The molecule has 1 aromatic heterocycles. The van der Waals surface area contributed by atoms with Gasteiger partial charge in [0.2, 0.25) is 5.91 Å². The molecule has 1 saturated heterocycles. The molecule has 1 aliphatic heterocycles. The van der Waals surface area contributed by atoms with Gasteiger partial charge in [0.15, 0.2) is 0 Å². The van der Waals surface area contributed by atoms with Crippen molar-refractivity contribution in [1.82, 2.24) is 15.0 Å². The van der Waals surface area contributed by atoms with Crippen molar-refractivity contribution in [3.63, 3.8) is 0 Å². The van der Waals surface area contributed by atoms with E-state index in [2.05, 4.69) is 29.4 Å². The van der Waals surface area contributed by atoms with E-state index in [1.54, 1.807) is 37.3 Å². The minimum absolute atomic E-state index is 0.0697. The van der Waals surface area contributed by atoms with Crippen molar-refractivity contribution in [2.24, 2.45) is 5.92 Å². The smallest absolute Gasteiger partial charge is 0.410 e. The molecule has 2 heterocycles. The largest absolute Gasteiger partial charge is 0.478 e. The fourth-order valence-corrected chi connectivity index (χ4v) is 6.26. The Morgan fingerprint density at radius 3 is 2.33 bits per heavy atom. The van der Waals surface area contributed by atoms with E-state index >= 15 is 0 Å². The van der Waals surface area contributed by atoms with Crippen LogP contribution in [-0.4, -0.2) is 69.3 Å². The summed E-state index contributed by atoms with van der Waals surface area (Å²) < 4.78 is 11.2. The predicted molar refractivity (Wildman–Crippen MR) is 172 cm³/mol. The van der Waals surface area contributed by atoms with Gasteiger partial charge < -0.3 is 24.2 Å². The van der Waals surface area contributed by atoms with E-state index in [-0.39, 0.29) is 35.4 Å². The Hall–Kier alpha value is -4.40. The summed E-state index contributed by atoms with van der Waals surface area (Å²) in [4.78, 5) is 41.4.